The molecule has 0 saturated carbocycles. The first kappa shape index (κ1) is 15.3. The summed E-state index contributed by atoms with van der Waals surface area (Å²) < 4.78 is 0.665. The van der Waals surface area contributed by atoms with Gasteiger partial charge in [-0.3, -0.25) is 4.79 Å². The number of benzene rings is 1. The summed E-state index contributed by atoms with van der Waals surface area (Å²) in [5, 5.41) is 23.9. The van der Waals surface area contributed by atoms with Crippen molar-refractivity contribution < 1.29 is 15.1 Å². The maximum Gasteiger partial charge on any atom is 0.255 e. The Bertz CT molecular complexity index is 503. The summed E-state index contributed by atoms with van der Waals surface area (Å²) in [5.74, 6) is -0.776. The molecule has 5 N–H and O–H groups in total. The zero-order valence-corrected chi connectivity index (χ0v) is 12.2. The van der Waals surface area contributed by atoms with Crippen molar-refractivity contribution in [2.45, 2.75) is 19.9 Å². The van der Waals surface area contributed by atoms with E-state index >= 15 is 0 Å². The Balaban J connectivity index is 2.94. The number of rotatable bonds is 4. The minimum Gasteiger partial charge on any atom is -0.507 e. The molecule has 0 aliphatic heterocycles. The van der Waals surface area contributed by atoms with Gasteiger partial charge in [0.15, 0.2) is 5.84 Å². The van der Waals surface area contributed by atoms with Crippen LogP contribution in [0.3, 0.4) is 0 Å². The quantitative estimate of drug-likeness (QED) is 0.291. The fourth-order valence-electron chi connectivity index (χ4n) is 1.56. The molecule has 1 aromatic carbocycles. The number of phenolic OH excluding ortho intramolecular Hbond substituents is 1. The minimum atomic E-state index is -0.611. The van der Waals surface area contributed by atoms with Gasteiger partial charge in [-0.25, -0.2) is 0 Å². The van der Waals surface area contributed by atoms with Crippen molar-refractivity contribution in [3.05, 3.63) is 28.2 Å². The number of amides is 1. The van der Waals surface area contributed by atoms with E-state index in [1.54, 1.807) is 6.07 Å². The molecule has 1 unspecified atom stereocenters. The Kier molecular flexibility index (Phi) is 5.17. The number of hydrogen-bond donors (Lipinski definition) is 4. The van der Waals surface area contributed by atoms with Gasteiger partial charge in [-0.1, -0.05) is 34.9 Å². The number of carbonyl (C=O) groups is 1. The third-order valence-corrected chi connectivity index (χ3v) is 3.09. The molecule has 1 amide bonds. The molecule has 7 heteroatoms. The highest BCUT2D eigenvalue weighted by Crippen LogP contribution is 2.22. The first-order valence-corrected chi connectivity index (χ1v) is 6.43. The van der Waals surface area contributed by atoms with Gasteiger partial charge >= 0.3 is 0 Å². The first-order chi connectivity index (χ1) is 8.86. The van der Waals surface area contributed by atoms with Gasteiger partial charge in [0, 0.05) is 4.47 Å². The van der Waals surface area contributed by atoms with E-state index < -0.39 is 11.9 Å². The van der Waals surface area contributed by atoms with Crippen molar-refractivity contribution in [3.63, 3.8) is 0 Å². The van der Waals surface area contributed by atoms with Crippen molar-refractivity contribution in [2.24, 2.45) is 16.8 Å². The van der Waals surface area contributed by atoms with E-state index in [1.807, 2.05) is 13.8 Å². The van der Waals surface area contributed by atoms with Crippen LogP contribution in [0.1, 0.15) is 24.2 Å². The van der Waals surface area contributed by atoms with E-state index in [0.717, 1.165) is 0 Å². The van der Waals surface area contributed by atoms with Crippen LogP contribution in [0.5, 0.6) is 5.75 Å². The van der Waals surface area contributed by atoms with Gasteiger partial charge in [-0.2, -0.15) is 0 Å². The summed E-state index contributed by atoms with van der Waals surface area (Å²) in [7, 11) is 0. The normalized spacial score (nSPS) is 13.4. The number of nitrogens with zero attached hydrogens (tertiary/aromatic N) is 1. The molecule has 1 aromatic rings. The number of carbonyl (C=O) groups excluding carboxylic acids is 1. The predicted octanol–water partition coefficient (Wildman–Crippen LogP) is 1.66. The smallest absolute Gasteiger partial charge is 0.255 e. The number of aromatic hydroxyl groups is 1. The van der Waals surface area contributed by atoms with Gasteiger partial charge in [0.2, 0.25) is 0 Å². The Morgan fingerprint density at radius 2 is 2.11 bits per heavy atom. The molecule has 0 radical (unpaired) electrons. The Labute approximate surface area is 119 Å². The molecule has 0 aliphatic carbocycles. The van der Waals surface area contributed by atoms with E-state index in [-0.39, 0.29) is 23.1 Å². The maximum atomic E-state index is 12.0. The highest BCUT2D eigenvalue weighted by atomic mass is 79.9. The number of amidine groups is 1. The van der Waals surface area contributed by atoms with E-state index in [9.17, 15) is 9.90 Å². The second kappa shape index (κ2) is 6.42. The standard InChI is InChI=1S/C12H16BrN3O3/c1-6(2)10(11(14)16-19)15-12(18)8-4-3-7(13)5-9(8)17/h3-6,10,17,19H,1-2H3,(H2,14,16)(H,15,18). The highest BCUT2D eigenvalue weighted by Gasteiger charge is 2.22. The second-order valence-corrected chi connectivity index (χ2v) is 5.30. The SMILES string of the molecule is CC(C)C(NC(=O)c1ccc(Br)cc1O)C(N)=NO. The molecule has 0 spiro atoms. The van der Waals surface area contributed by atoms with Gasteiger partial charge in [0.1, 0.15) is 5.75 Å². The van der Waals surface area contributed by atoms with Gasteiger partial charge < -0.3 is 21.4 Å². The van der Waals surface area contributed by atoms with Crippen LogP contribution in [0.25, 0.3) is 0 Å². The number of halogens is 1. The number of phenols is 1. The summed E-state index contributed by atoms with van der Waals surface area (Å²) in [5.41, 5.74) is 5.65. The summed E-state index contributed by atoms with van der Waals surface area (Å²) in [4.78, 5) is 12.0. The van der Waals surface area contributed by atoms with Crippen LogP contribution < -0.4 is 11.1 Å². The molecule has 1 atom stereocenters. The molecule has 0 bridgehead atoms. The molecular weight excluding hydrogens is 314 g/mol. The van der Waals surface area contributed by atoms with Crippen LogP contribution >= 0.6 is 15.9 Å². The number of nitrogens with two attached hydrogens (primary N) is 1. The largest absolute Gasteiger partial charge is 0.507 e. The van der Waals surface area contributed by atoms with Crippen molar-refractivity contribution in [3.8, 4) is 5.75 Å². The second-order valence-electron chi connectivity index (χ2n) is 4.38. The zero-order valence-electron chi connectivity index (χ0n) is 10.6. The van der Waals surface area contributed by atoms with E-state index in [2.05, 4.69) is 26.4 Å². The van der Waals surface area contributed by atoms with Crippen LogP contribution in [0, 0.1) is 5.92 Å². The molecule has 0 aliphatic rings. The summed E-state index contributed by atoms with van der Waals surface area (Å²) in [6.07, 6.45) is 0. The topological polar surface area (TPSA) is 108 Å². The van der Waals surface area contributed by atoms with Crippen molar-refractivity contribution in [1.29, 1.82) is 0 Å². The van der Waals surface area contributed by atoms with Crippen molar-refractivity contribution in [1.82, 2.24) is 5.32 Å². The summed E-state index contributed by atoms with van der Waals surface area (Å²) >= 11 is 3.19. The van der Waals surface area contributed by atoms with Gasteiger partial charge in [-0.05, 0) is 24.1 Å². The highest BCUT2D eigenvalue weighted by molar-refractivity contribution is 9.10. The van der Waals surface area contributed by atoms with Gasteiger partial charge in [0.05, 0.1) is 11.6 Å². The third kappa shape index (κ3) is 3.85. The zero-order chi connectivity index (χ0) is 14.6. The molecule has 19 heavy (non-hydrogen) atoms. The lowest BCUT2D eigenvalue weighted by Gasteiger charge is -2.21. The molecular formula is C12H16BrN3O3. The van der Waals surface area contributed by atoms with Crippen LogP contribution in [0.2, 0.25) is 0 Å². The first-order valence-electron chi connectivity index (χ1n) is 5.63. The van der Waals surface area contributed by atoms with Crippen molar-refractivity contribution in [2.75, 3.05) is 0 Å². The van der Waals surface area contributed by atoms with E-state index in [0.29, 0.717) is 4.47 Å². The van der Waals surface area contributed by atoms with Crippen LogP contribution in [0.4, 0.5) is 0 Å². The molecule has 0 saturated heterocycles. The Morgan fingerprint density at radius 3 is 2.58 bits per heavy atom. The maximum absolute atomic E-state index is 12.0. The van der Waals surface area contributed by atoms with E-state index in [4.69, 9.17) is 10.9 Å². The number of hydrogen-bond acceptors (Lipinski definition) is 4. The molecule has 0 fully saturated rings. The average molecular weight is 330 g/mol. The lowest BCUT2D eigenvalue weighted by atomic mass is 10.0. The van der Waals surface area contributed by atoms with Crippen LogP contribution in [-0.4, -0.2) is 28.1 Å². The Hall–Kier alpha value is -1.76. The Morgan fingerprint density at radius 1 is 1.47 bits per heavy atom. The number of oxime groups is 1. The van der Waals surface area contributed by atoms with Gasteiger partial charge in [0.25, 0.3) is 5.91 Å². The predicted molar refractivity (Wildman–Crippen MR) is 75.3 cm³/mol. The molecule has 0 aromatic heterocycles. The lowest BCUT2D eigenvalue weighted by molar-refractivity contribution is 0.0936. The minimum absolute atomic E-state index is 0.0579. The van der Waals surface area contributed by atoms with E-state index in [1.165, 1.54) is 12.1 Å². The average Bonchev–Trinajstić information content (AvgIpc) is 2.34. The number of nitrogens with one attached hydrogen (secondary N) is 1. The lowest BCUT2D eigenvalue weighted by Crippen LogP contribution is -2.47. The molecule has 1 rings (SSSR count). The van der Waals surface area contributed by atoms with Crippen molar-refractivity contribution >= 4 is 27.7 Å². The molecule has 6 nitrogen and oxygen atoms in total. The fourth-order valence-corrected chi connectivity index (χ4v) is 1.91. The monoisotopic (exact) mass is 329 g/mol. The third-order valence-electron chi connectivity index (χ3n) is 2.59. The molecule has 104 valence electrons. The van der Waals surface area contributed by atoms with Gasteiger partial charge in [-0.15, -0.1) is 0 Å². The fraction of sp³-hybridized carbons (Fsp3) is 0.333. The van der Waals surface area contributed by atoms with Crippen LogP contribution in [0.15, 0.2) is 27.8 Å². The molecule has 0 heterocycles. The summed E-state index contributed by atoms with van der Waals surface area (Å²) in [6.45, 7) is 3.65. The summed E-state index contributed by atoms with van der Waals surface area (Å²) in [6, 6.07) is 3.93. The van der Waals surface area contributed by atoms with Crippen LogP contribution in [-0.2, 0) is 0 Å².